The van der Waals surface area contributed by atoms with E-state index in [9.17, 15) is 14.4 Å². The predicted molar refractivity (Wildman–Crippen MR) is 156 cm³/mol. The van der Waals surface area contributed by atoms with Crippen LogP contribution >= 0.6 is 0 Å². The normalized spacial score (nSPS) is 12.1. The summed E-state index contributed by atoms with van der Waals surface area (Å²) in [5.74, 6) is 0.506. The molecular formula is C32H30N2O8. The first kappa shape index (κ1) is 28.3. The van der Waals surface area contributed by atoms with Gasteiger partial charge in [-0.15, -0.1) is 0 Å². The first-order valence-electron chi connectivity index (χ1n) is 13.2. The Labute approximate surface area is 241 Å². The highest BCUT2D eigenvalue weighted by atomic mass is 16.6. The van der Waals surface area contributed by atoms with E-state index in [-0.39, 0.29) is 28.9 Å². The number of ether oxygens (including phenoxy) is 4. The van der Waals surface area contributed by atoms with Gasteiger partial charge in [0.25, 0.3) is 0 Å². The molecule has 2 heterocycles. The molecule has 1 atom stereocenters. The molecule has 0 spiro atoms. The van der Waals surface area contributed by atoms with Gasteiger partial charge in [-0.05, 0) is 68.8 Å². The smallest absolute Gasteiger partial charge is 0.408 e. The first-order chi connectivity index (χ1) is 20.1. The summed E-state index contributed by atoms with van der Waals surface area (Å²) in [5.41, 5.74) is 0.759. The van der Waals surface area contributed by atoms with Crippen molar-refractivity contribution in [3.8, 4) is 23.0 Å². The molecule has 0 aliphatic heterocycles. The van der Waals surface area contributed by atoms with Crippen LogP contribution in [0, 0.1) is 0 Å². The minimum atomic E-state index is -1.07. The SMILES string of the molecule is COc1ccc(Oc2coc3cc(OC(=O)[C@H](Cc4c[nH]c5ccccc45)NC(=O)OC(C)(C)C)ccc3c2=O)cc1. The summed E-state index contributed by atoms with van der Waals surface area (Å²) in [4.78, 5) is 42.2. The zero-order valence-corrected chi connectivity index (χ0v) is 23.6. The van der Waals surface area contributed by atoms with Gasteiger partial charge in [0.2, 0.25) is 11.2 Å². The van der Waals surface area contributed by atoms with E-state index in [1.54, 1.807) is 58.3 Å². The van der Waals surface area contributed by atoms with Crippen molar-refractivity contribution in [2.75, 3.05) is 7.11 Å². The molecular weight excluding hydrogens is 540 g/mol. The van der Waals surface area contributed by atoms with Crippen LogP contribution in [0.5, 0.6) is 23.0 Å². The Morgan fingerprint density at radius 3 is 2.40 bits per heavy atom. The molecule has 1 amide bonds. The summed E-state index contributed by atoms with van der Waals surface area (Å²) in [6.45, 7) is 5.20. The van der Waals surface area contributed by atoms with Gasteiger partial charge in [-0.2, -0.15) is 0 Å². The lowest BCUT2D eigenvalue weighted by Crippen LogP contribution is -2.46. The molecule has 0 saturated heterocycles. The molecule has 2 N–H and O–H groups in total. The van der Waals surface area contributed by atoms with Crippen LogP contribution in [-0.4, -0.2) is 35.8 Å². The molecule has 42 heavy (non-hydrogen) atoms. The number of hydrogen-bond acceptors (Lipinski definition) is 8. The number of carbonyl (C=O) groups is 2. The van der Waals surface area contributed by atoms with Gasteiger partial charge >= 0.3 is 12.1 Å². The lowest BCUT2D eigenvalue weighted by atomic mass is 10.1. The highest BCUT2D eigenvalue weighted by Crippen LogP contribution is 2.26. The van der Waals surface area contributed by atoms with E-state index in [0.717, 1.165) is 16.5 Å². The number of amides is 1. The standard InChI is InChI=1S/C32H30N2O8/c1-32(2,3)42-31(37)34-26(15-19-17-33-25-8-6-5-7-23(19)25)30(36)41-22-13-14-24-27(16-22)39-18-28(29(24)35)40-21-11-9-20(38-4)10-12-21/h5-14,16-18,26,33H,15H2,1-4H3,(H,34,37)/t26-/m0/s1. The molecule has 10 heteroatoms. The molecule has 0 aliphatic rings. The Kier molecular flexibility index (Phi) is 7.88. The molecule has 5 aromatic rings. The van der Waals surface area contributed by atoms with Gasteiger partial charge in [-0.3, -0.25) is 4.79 Å². The van der Waals surface area contributed by atoms with E-state index in [4.69, 9.17) is 23.4 Å². The third kappa shape index (κ3) is 6.55. The minimum Gasteiger partial charge on any atom is -0.497 e. The minimum absolute atomic E-state index is 0.00207. The molecule has 0 saturated carbocycles. The lowest BCUT2D eigenvalue weighted by molar-refractivity contribution is -0.136. The number of alkyl carbamates (subject to hydrolysis) is 1. The quantitative estimate of drug-likeness (QED) is 0.169. The summed E-state index contributed by atoms with van der Waals surface area (Å²) in [5, 5.41) is 3.79. The Morgan fingerprint density at radius 2 is 1.67 bits per heavy atom. The maximum Gasteiger partial charge on any atom is 0.408 e. The van der Waals surface area contributed by atoms with Crippen LogP contribution in [0.15, 0.2) is 88.4 Å². The van der Waals surface area contributed by atoms with Crippen LogP contribution < -0.4 is 25.0 Å². The second-order valence-electron chi connectivity index (χ2n) is 10.5. The van der Waals surface area contributed by atoms with Gasteiger partial charge in [0, 0.05) is 29.6 Å². The number of hydrogen-bond donors (Lipinski definition) is 2. The number of esters is 1. The van der Waals surface area contributed by atoms with E-state index in [0.29, 0.717) is 11.5 Å². The largest absolute Gasteiger partial charge is 0.497 e. The zero-order chi connectivity index (χ0) is 29.9. The van der Waals surface area contributed by atoms with Crippen molar-refractivity contribution in [2.45, 2.75) is 38.8 Å². The first-order valence-corrected chi connectivity index (χ1v) is 13.2. The molecule has 0 radical (unpaired) electrons. The van der Waals surface area contributed by atoms with E-state index >= 15 is 0 Å². The van der Waals surface area contributed by atoms with E-state index < -0.39 is 29.1 Å². The summed E-state index contributed by atoms with van der Waals surface area (Å²) in [6.07, 6.45) is 2.39. The molecule has 2 aromatic heterocycles. The highest BCUT2D eigenvalue weighted by Gasteiger charge is 2.27. The van der Waals surface area contributed by atoms with Crippen molar-refractivity contribution in [1.29, 1.82) is 0 Å². The Balaban J connectivity index is 1.36. The van der Waals surface area contributed by atoms with Gasteiger partial charge in [0.1, 0.15) is 40.7 Å². The molecule has 5 rings (SSSR count). The number of H-pyrrole nitrogens is 1. The fourth-order valence-electron chi connectivity index (χ4n) is 4.35. The number of para-hydroxylation sites is 1. The van der Waals surface area contributed by atoms with Crippen molar-refractivity contribution in [3.63, 3.8) is 0 Å². The van der Waals surface area contributed by atoms with E-state index in [2.05, 4.69) is 10.3 Å². The third-order valence-corrected chi connectivity index (χ3v) is 6.29. The van der Waals surface area contributed by atoms with E-state index in [1.165, 1.54) is 24.5 Å². The van der Waals surface area contributed by atoms with Crippen molar-refractivity contribution >= 4 is 33.9 Å². The van der Waals surface area contributed by atoms with Crippen molar-refractivity contribution in [2.24, 2.45) is 0 Å². The molecule has 0 fully saturated rings. The van der Waals surface area contributed by atoms with E-state index in [1.807, 2.05) is 24.3 Å². The molecule has 0 unspecified atom stereocenters. The number of aromatic nitrogens is 1. The molecule has 0 aliphatic carbocycles. The third-order valence-electron chi connectivity index (χ3n) is 6.29. The maximum atomic E-state index is 13.4. The Bertz CT molecular complexity index is 1800. The monoisotopic (exact) mass is 570 g/mol. The molecule has 0 bridgehead atoms. The van der Waals surface area contributed by atoms with Crippen LogP contribution in [0.1, 0.15) is 26.3 Å². The van der Waals surface area contributed by atoms with Crippen LogP contribution in [0.4, 0.5) is 4.79 Å². The predicted octanol–water partition coefficient (Wildman–Crippen LogP) is 6.12. The molecule has 10 nitrogen and oxygen atoms in total. The average Bonchev–Trinajstić information content (AvgIpc) is 3.36. The van der Waals surface area contributed by atoms with Gasteiger partial charge in [0.15, 0.2) is 0 Å². The second kappa shape index (κ2) is 11.7. The zero-order valence-electron chi connectivity index (χ0n) is 23.6. The summed E-state index contributed by atoms with van der Waals surface area (Å²) in [6, 6.07) is 17.7. The summed E-state index contributed by atoms with van der Waals surface area (Å²) >= 11 is 0. The van der Waals surface area contributed by atoms with Crippen LogP contribution in [0.25, 0.3) is 21.9 Å². The second-order valence-corrected chi connectivity index (χ2v) is 10.5. The van der Waals surface area contributed by atoms with Gasteiger partial charge in [-0.25, -0.2) is 9.59 Å². The number of benzene rings is 3. The number of rotatable bonds is 8. The van der Waals surface area contributed by atoms with Gasteiger partial charge in [-0.1, -0.05) is 18.2 Å². The van der Waals surface area contributed by atoms with Crippen molar-refractivity contribution in [1.82, 2.24) is 10.3 Å². The number of methoxy groups -OCH3 is 1. The van der Waals surface area contributed by atoms with Crippen LogP contribution in [0.3, 0.4) is 0 Å². The summed E-state index contributed by atoms with van der Waals surface area (Å²) < 4.78 is 27.5. The van der Waals surface area contributed by atoms with Crippen LogP contribution in [0.2, 0.25) is 0 Å². The number of aromatic amines is 1. The fraction of sp³-hybridized carbons (Fsp3) is 0.219. The van der Waals surface area contributed by atoms with Gasteiger partial charge < -0.3 is 33.7 Å². The summed E-state index contributed by atoms with van der Waals surface area (Å²) in [7, 11) is 1.56. The number of fused-ring (bicyclic) bond motifs is 2. The Morgan fingerprint density at radius 1 is 0.952 bits per heavy atom. The average molecular weight is 571 g/mol. The number of nitrogens with one attached hydrogen (secondary N) is 2. The topological polar surface area (TPSA) is 129 Å². The Hall–Kier alpha value is -5.25. The fourth-order valence-corrected chi connectivity index (χ4v) is 4.35. The highest BCUT2D eigenvalue weighted by molar-refractivity contribution is 5.87. The maximum absolute atomic E-state index is 13.4. The molecule has 3 aromatic carbocycles. The van der Waals surface area contributed by atoms with Crippen molar-refractivity contribution < 1.29 is 33.0 Å². The molecule has 216 valence electrons. The van der Waals surface area contributed by atoms with Gasteiger partial charge in [0.05, 0.1) is 12.5 Å². The lowest BCUT2D eigenvalue weighted by Gasteiger charge is -2.23. The number of carbonyl (C=O) groups excluding carboxylic acids is 2. The van der Waals surface area contributed by atoms with Crippen molar-refractivity contribution in [3.05, 3.63) is 95.0 Å². The van der Waals surface area contributed by atoms with Crippen LogP contribution in [-0.2, 0) is 16.0 Å².